The van der Waals surface area contributed by atoms with Gasteiger partial charge in [0.1, 0.15) is 11.0 Å². The van der Waals surface area contributed by atoms with Gasteiger partial charge in [-0.15, -0.1) is 0 Å². The second-order valence-corrected chi connectivity index (χ2v) is 4.20. The number of aryl methyl sites for hydroxylation is 1. The number of nitrogens with zero attached hydrogens (tertiary/aromatic N) is 1. The summed E-state index contributed by atoms with van der Waals surface area (Å²) in [6.45, 7) is 1.71. The summed E-state index contributed by atoms with van der Waals surface area (Å²) >= 11 is 5.78. The Kier molecular flexibility index (Phi) is 3.30. The van der Waals surface area contributed by atoms with Gasteiger partial charge in [-0.25, -0.2) is 14.2 Å². The Morgan fingerprint density at radius 3 is 2.67 bits per heavy atom. The molecule has 1 heterocycles. The van der Waals surface area contributed by atoms with Crippen molar-refractivity contribution in [3.8, 4) is 11.1 Å². The Balaban J connectivity index is 2.69. The molecule has 0 bridgehead atoms. The standard InChI is InChI=1S/C13H9ClFNO2/c1-7-4-8(15)2-3-9(7)10-5-12(14)16-6-11(10)13(17)18/h2-6H,1H3,(H,17,18). The summed E-state index contributed by atoms with van der Waals surface area (Å²) in [4.78, 5) is 14.9. The molecule has 2 rings (SSSR count). The molecule has 1 aromatic carbocycles. The highest BCUT2D eigenvalue weighted by Crippen LogP contribution is 2.28. The molecule has 0 spiro atoms. The Hall–Kier alpha value is -1.94. The number of carboxylic acid groups (broad SMARTS) is 1. The van der Waals surface area contributed by atoms with Crippen LogP contribution < -0.4 is 0 Å². The van der Waals surface area contributed by atoms with Crippen LogP contribution in [0.4, 0.5) is 4.39 Å². The minimum Gasteiger partial charge on any atom is -0.478 e. The van der Waals surface area contributed by atoms with E-state index < -0.39 is 5.97 Å². The van der Waals surface area contributed by atoms with Gasteiger partial charge in [-0.1, -0.05) is 17.7 Å². The van der Waals surface area contributed by atoms with Gasteiger partial charge in [0.25, 0.3) is 0 Å². The first-order valence-electron chi connectivity index (χ1n) is 5.14. The van der Waals surface area contributed by atoms with Gasteiger partial charge in [0.15, 0.2) is 0 Å². The largest absolute Gasteiger partial charge is 0.478 e. The Bertz CT molecular complexity index is 628. The summed E-state index contributed by atoms with van der Waals surface area (Å²) in [5.41, 5.74) is 1.73. The monoisotopic (exact) mass is 265 g/mol. The molecule has 1 N–H and O–H groups in total. The topological polar surface area (TPSA) is 50.2 Å². The van der Waals surface area contributed by atoms with Gasteiger partial charge in [-0.05, 0) is 36.2 Å². The zero-order valence-electron chi connectivity index (χ0n) is 9.45. The zero-order valence-corrected chi connectivity index (χ0v) is 10.2. The highest BCUT2D eigenvalue weighted by Gasteiger charge is 2.14. The molecule has 0 atom stereocenters. The summed E-state index contributed by atoms with van der Waals surface area (Å²) in [6, 6.07) is 5.62. The number of benzene rings is 1. The fourth-order valence-corrected chi connectivity index (χ4v) is 1.91. The summed E-state index contributed by atoms with van der Waals surface area (Å²) in [7, 11) is 0. The van der Waals surface area contributed by atoms with Crippen LogP contribution in [-0.2, 0) is 0 Å². The molecule has 2 aromatic rings. The smallest absolute Gasteiger partial charge is 0.337 e. The molecule has 18 heavy (non-hydrogen) atoms. The molecule has 0 aliphatic carbocycles. The summed E-state index contributed by atoms with van der Waals surface area (Å²) in [6.07, 6.45) is 1.20. The second-order valence-electron chi connectivity index (χ2n) is 3.82. The van der Waals surface area contributed by atoms with Gasteiger partial charge in [0.05, 0.1) is 5.56 Å². The molecule has 0 radical (unpaired) electrons. The molecule has 0 fully saturated rings. The Labute approximate surface area is 108 Å². The molecule has 3 nitrogen and oxygen atoms in total. The minimum atomic E-state index is -1.10. The number of rotatable bonds is 2. The fraction of sp³-hybridized carbons (Fsp3) is 0.0769. The third-order valence-electron chi connectivity index (χ3n) is 2.58. The number of aromatic nitrogens is 1. The maximum atomic E-state index is 13.0. The number of halogens is 2. The maximum absolute atomic E-state index is 13.0. The summed E-state index contributed by atoms with van der Waals surface area (Å²) in [5.74, 6) is -1.47. The van der Waals surface area contributed by atoms with Crippen molar-refractivity contribution in [1.29, 1.82) is 0 Å². The predicted octanol–water partition coefficient (Wildman–Crippen LogP) is 3.55. The molecule has 0 aliphatic heterocycles. The van der Waals surface area contributed by atoms with Crippen molar-refractivity contribution in [2.45, 2.75) is 6.92 Å². The molecule has 0 unspecified atom stereocenters. The number of aromatic carboxylic acids is 1. The maximum Gasteiger partial charge on any atom is 0.337 e. The predicted molar refractivity (Wildman–Crippen MR) is 66.3 cm³/mol. The molecular formula is C13H9ClFNO2. The number of carbonyl (C=O) groups is 1. The van der Waals surface area contributed by atoms with Crippen LogP contribution in [0.3, 0.4) is 0 Å². The highest BCUT2D eigenvalue weighted by atomic mass is 35.5. The SMILES string of the molecule is Cc1cc(F)ccc1-c1cc(Cl)ncc1C(=O)O. The van der Waals surface area contributed by atoms with Crippen LogP contribution in [-0.4, -0.2) is 16.1 Å². The van der Waals surface area contributed by atoms with Crippen LogP contribution in [0.5, 0.6) is 0 Å². The first-order chi connectivity index (χ1) is 8.49. The zero-order chi connectivity index (χ0) is 13.3. The van der Waals surface area contributed by atoms with Gasteiger partial charge in [-0.3, -0.25) is 0 Å². The lowest BCUT2D eigenvalue weighted by Gasteiger charge is -2.09. The van der Waals surface area contributed by atoms with Crippen molar-refractivity contribution in [3.05, 3.63) is 52.6 Å². The third kappa shape index (κ3) is 2.33. The molecule has 1 aromatic heterocycles. The molecule has 0 saturated carbocycles. The van der Waals surface area contributed by atoms with Crippen LogP contribution in [0.1, 0.15) is 15.9 Å². The van der Waals surface area contributed by atoms with Crippen LogP contribution >= 0.6 is 11.6 Å². The highest BCUT2D eigenvalue weighted by molar-refractivity contribution is 6.29. The molecule has 92 valence electrons. The van der Waals surface area contributed by atoms with Crippen molar-refractivity contribution in [3.63, 3.8) is 0 Å². The third-order valence-corrected chi connectivity index (χ3v) is 2.79. The molecule has 0 saturated heterocycles. The number of hydrogen-bond donors (Lipinski definition) is 1. The van der Waals surface area contributed by atoms with E-state index in [0.29, 0.717) is 16.7 Å². The van der Waals surface area contributed by atoms with E-state index in [-0.39, 0.29) is 16.5 Å². The number of pyridine rings is 1. The lowest BCUT2D eigenvalue weighted by molar-refractivity contribution is 0.0697. The molecule has 5 heteroatoms. The average Bonchev–Trinajstić information content (AvgIpc) is 2.28. The van der Waals surface area contributed by atoms with Crippen molar-refractivity contribution in [2.75, 3.05) is 0 Å². The first kappa shape index (κ1) is 12.5. The van der Waals surface area contributed by atoms with E-state index in [4.69, 9.17) is 16.7 Å². The normalized spacial score (nSPS) is 10.4. The van der Waals surface area contributed by atoms with Gasteiger partial charge in [0, 0.05) is 11.8 Å². The van der Waals surface area contributed by atoms with Crippen molar-refractivity contribution < 1.29 is 14.3 Å². The number of hydrogen-bond acceptors (Lipinski definition) is 2. The van der Waals surface area contributed by atoms with E-state index >= 15 is 0 Å². The van der Waals surface area contributed by atoms with E-state index in [2.05, 4.69) is 4.98 Å². The van der Waals surface area contributed by atoms with Gasteiger partial charge in [-0.2, -0.15) is 0 Å². The van der Waals surface area contributed by atoms with Crippen LogP contribution in [0.15, 0.2) is 30.5 Å². The quantitative estimate of drug-likeness (QED) is 0.845. The number of carboxylic acids is 1. The van der Waals surface area contributed by atoms with E-state index in [1.807, 2.05) is 0 Å². The first-order valence-corrected chi connectivity index (χ1v) is 5.52. The van der Waals surface area contributed by atoms with Crippen molar-refractivity contribution in [2.24, 2.45) is 0 Å². The Morgan fingerprint density at radius 1 is 1.33 bits per heavy atom. The van der Waals surface area contributed by atoms with Crippen LogP contribution in [0.2, 0.25) is 5.15 Å². The van der Waals surface area contributed by atoms with E-state index in [9.17, 15) is 9.18 Å². The van der Waals surface area contributed by atoms with Crippen molar-refractivity contribution in [1.82, 2.24) is 4.98 Å². The van der Waals surface area contributed by atoms with Crippen LogP contribution in [0.25, 0.3) is 11.1 Å². The van der Waals surface area contributed by atoms with E-state index in [1.165, 1.54) is 30.5 Å². The van der Waals surface area contributed by atoms with E-state index in [0.717, 1.165) is 0 Å². The van der Waals surface area contributed by atoms with Crippen LogP contribution in [0, 0.1) is 12.7 Å². The van der Waals surface area contributed by atoms with Gasteiger partial charge in [0.2, 0.25) is 0 Å². The van der Waals surface area contributed by atoms with Gasteiger partial charge < -0.3 is 5.11 Å². The molecule has 0 aliphatic rings. The Morgan fingerprint density at radius 2 is 2.06 bits per heavy atom. The molecular weight excluding hydrogens is 257 g/mol. The average molecular weight is 266 g/mol. The lowest BCUT2D eigenvalue weighted by Crippen LogP contribution is -2.01. The lowest BCUT2D eigenvalue weighted by atomic mass is 9.97. The molecule has 0 amide bonds. The summed E-state index contributed by atoms with van der Waals surface area (Å²) < 4.78 is 13.0. The van der Waals surface area contributed by atoms with Gasteiger partial charge >= 0.3 is 5.97 Å². The summed E-state index contributed by atoms with van der Waals surface area (Å²) in [5, 5.41) is 9.30. The fourth-order valence-electron chi connectivity index (χ4n) is 1.75. The van der Waals surface area contributed by atoms with E-state index in [1.54, 1.807) is 6.92 Å². The minimum absolute atomic E-state index is 0.0362. The second kappa shape index (κ2) is 4.74. The van der Waals surface area contributed by atoms with Crippen molar-refractivity contribution >= 4 is 17.6 Å².